The second kappa shape index (κ2) is 9.33. The van der Waals surface area contributed by atoms with Crippen molar-refractivity contribution in [3.63, 3.8) is 0 Å². The third-order valence-electron chi connectivity index (χ3n) is 7.26. The second-order valence-corrected chi connectivity index (χ2v) is 11.7. The number of nitrogens with zero attached hydrogens (tertiary/aromatic N) is 3. The van der Waals surface area contributed by atoms with Crippen LogP contribution in [0.15, 0.2) is 53.4 Å². The zero-order valence-electron chi connectivity index (χ0n) is 20.5. The van der Waals surface area contributed by atoms with Crippen LogP contribution in [0.1, 0.15) is 54.7 Å². The fraction of sp³-hybridized carbons (Fsp3) is 0.407. The molecule has 0 bridgehead atoms. The summed E-state index contributed by atoms with van der Waals surface area (Å²) in [5.41, 5.74) is 3.95. The van der Waals surface area contributed by atoms with E-state index in [-0.39, 0.29) is 22.9 Å². The SMILES string of the molecule is C[C@@H]1CCC[C@H](C)N1S(=O)(=O)c1ccc(NC(=O)c2c3c(nc4ccccc24)CCN(C)C3)cc1. The van der Waals surface area contributed by atoms with Gasteiger partial charge in [0, 0.05) is 53.9 Å². The standard InChI is InChI=1S/C27H32N4O3S/c1-18-7-6-8-19(2)31(18)35(33,34)21-13-11-20(12-14-21)28-27(32)26-22-9-4-5-10-24(22)29-25-15-16-30(3)17-23(25)26/h4-5,9-14,18-19H,6-8,15-17H2,1-3H3,(H,28,32)/t18-,19+. The lowest BCUT2D eigenvalue weighted by atomic mass is 9.95. The zero-order valence-corrected chi connectivity index (χ0v) is 21.3. The van der Waals surface area contributed by atoms with Crippen LogP contribution >= 0.6 is 0 Å². The molecule has 2 atom stereocenters. The minimum atomic E-state index is -3.60. The normalized spacial score (nSPS) is 21.6. The maximum absolute atomic E-state index is 13.5. The number of nitrogens with one attached hydrogen (secondary N) is 1. The van der Waals surface area contributed by atoms with E-state index in [1.165, 1.54) is 0 Å². The lowest BCUT2D eigenvalue weighted by Gasteiger charge is -2.37. The van der Waals surface area contributed by atoms with Crippen molar-refractivity contribution >= 4 is 32.5 Å². The molecule has 2 aliphatic rings. The number of sulfonamides is 1. The van der Waals surface area contributed by atoms with Crippen molar-refractivity contribution in [3.8, 4) is 0 Å². The van der Waals surface area contributed by atoms with Crippen LogP contribution in [0.5, 0.6) is 0 Å². The van der Waals surface area contributed by atoms with Gasteiger partial charge in [-0.25, -0.2) is 8.42 Å². The van der Waals surface area contributed by atoms with Gasteiger partial charge in [-0.2, -0.15) is 4.31 Å². The molecule has 1 aromatic heterocycles. The van der Waals surface area contributed by atoms with Crippen LogP contribution < -0.4 is 5.32 Å². The Labute approximate surface area is 207 Å². The third kappa shape index (κ3) is 4.46. The van der Waals surface area contributed by atoms with E-state index in [4.69, 9.17) is 4.98 Å². The number of fused-ring (bicyclic) bond motifs is 2. The van der Waals surface area contributed by atoms with Crippen LogP contribution in [0.2, 0.25) is 0 Å². The Morgan fingerprint density at radius 1 is 1.03 bits per heavy atom. The van der Waals surface area contributed by atoms with Gasteiger partial charge in [0.1, 0.15) is 0 Å². The van der Waals surface area contributed by atoms with E-state index in [2.05, 4.69) is 10.2 Å². The number of pyridine rings is 1. The lowest BCUT2D eigenvalue weighted by Crippen LogP contribution is -2.47. The topological polar surface area (TPSA) is 82.6 Å². The molecule has 5 rings (SSSR count). The number of piperidine rings is 1. The van der Waals surface area contributed by atoms with E-state index < -0.39 is 10.0 Å². The smallest absolute Gasteiger partial charge is 0.256 e. The summed E-state index contributed by atoms with van der Waals surface area (Å²) in [6.07, 6.45) is 3.59. The molecule has 184 valence electrons. The number of likely N-dealkylation sites (N-methyl/N-ethyl adjacent to an activating group) is 1. The van der Waals surface area contributed by atoms with E-state index >= 15 is 0 Å². The Morgan fingerprint density at radius 3 is 2.43 bits per heavy atom. The van der Waals surface area contributed by atoms with Gasteiger partial charge in [0.05, 0.1) is 16.0 Å². The minimum Gasteiger partial charge on any atom is -0.322 e. The van der Waals surface area contributed by atoms with Gasteiger partial charge in [0.2, 0.25) is 10.0 Å². The molecule has 0 unspecified atom stereocenters. The van der Waals surface area contributed by atoms with Gasteiger partial charge in [0.25, 0.3) is 5.91 Å². The van der Waals surface area contributed by atoms with Gasteiger partial charge in [-0.1, -0.05) is 24.6 Å². The Morgan fingerprint density at radius 2 is 1.71 bits per heavy atom. The van der Waals surface area contributed by atoms with Gasteiger partial charge < -0.3 is 10.2 Å². The largest absolute Gasteiger partial charge is 0.322 e. The van der Waals surface area contributed by atoms with Crippen LogP contribution in [0.4, 0.5) is 5.69 Å². The monoisotopic (exact) mass is 492 g/mol. The predicted octanol–water partition coefficient (Wildman–Crippen LogP) is 4.43. The molecule has 3 heterocycles. The minimum absolute atomic E-state index is 0.0209. The quantitative estimate of drug-likeness (QED) is 0.583. The summed E-state index contributed by atoms with van der Waals surface area (Å²) in [5.74, 6) is -0.205. The molecule has 2 aromatic carbocycles. The van der Waals surface area contributed by atoms with Gasteiger partial charge in [-0.15, -0.1) is 0 Å². The van der Waals surface area contributed by atoms with E-state index in [0.717, 1.165) is 54.4 Å². The first-order valence-electron chi connectivity index (χ1n) is 12.3. The number of hydrogen-bond acceptors (Lipinski definition) is 5. The molecule has 35 heavy (non-hydrogen) atoms. The molecular formula is C27H32N4O3S. The average molecular weight is 493 g/mol. The van der Waals surface area contributed by atoms with Gasteiger partial charge in [-0.3, -0.25) is 9.78 Å². The highest BCUT2D eigenvalue weighted by Gasteiger charge is 2.35. The number of rotatable bonds is 4. The molecule has 1 fully saturated rings. The van der Waals surface area contributed by atoms with Crippen molar-refractivity contribution in [2.45, 2.75) is 63.1 Å². The number of anilines is 1. The van der Waals surface area contributed by atoms with E-state index in [1.807, 2.05) is 45.2 Å². The highest BCUT2D eigenvalue weighted by Crippen LogP contribution is 2.31. The first kappa shape index (κ1) is 23.9. The fourth-order valence-electron chi connectivity index (χ4n) is 5.48. The Kier molecular flexibility index (Phi) is 6.38. The predicted molar refractivity (Wildman–Crippen MR) is 138 cm³/mol. The van der Waals surface area contributed by atoms with E-state index in [9.17, 15) is 13.2 Å². The summed E-state index contributed by atoms with van der Waals surface area (Å²) < 4.78 is 28.3. The van der Waals surface area contributed by atoms with Crippen LogP contribution in [-0.4, -0.2) is 54.2 Å². The number of benzene rings is 2. The molecule has 7 nitrogen and oxygen atoms in total. The molecule has 8 heteroatoms. The highest BCUT2D eigenvalue weighted by atomic mass is 32.2. The molecule has 1 amide bonds. The Hall–Kier alpha value is -2.81. The summed E-state index contributed by atoms with van der Waals surface area (Å²) in [7, 11) is -1.55. The third-order valence-corrected chi connectivity index (χ3v) is 9.41. The molecule has 0 spiro atoms. The van der Waals surface area contributed by atoms with Crippen molar-refractivity contribution in [1.82, 2.24) is 14.2 Å². The maximum Gasteiger partial charge on any atom is 0.256 e. The van der Waals surface area contributed by atoms with Crippen molar-refractivity contribution < 1.29 is 13.2 Å². The van der Waals surface area contributed by atoms with Crippen LogP contribution in [0.3, 0.4) is 0 Å². The van der Waals surface area contributed by atoms with Crippen molar-refractivity contribution in [2.24, 2.45) is 0 Å². The average Bonchev–Trinajstić information content (AvgIpc) is 2.82. The lowest BCUT2D eigenvalue weighted by molar-refractivity contribution is 0.102. The van der Waals surface area contributed by atoms with Gasteiger partial charge >= 0.3 is 0 Å². The molecular weight excluding hydrogens is 460 g/mol. The summed E-state index contributed by atoms with van der Waals surface area (Å²) in [4.78, 5) is 20.8. The van der Waals surface area contributed by atoms with Gasteiger partial charge in [0.15, 0.2) is 0 Å². The summed E-state index contributed by atoms with van der Waals surface area (Å²) in [5, 5.41) is 3.82. The first-order chi connectivity index (χ1) is 16.8. The molecule has 0 radical (unpaired) electrons. The van der Waals surface area contributed by atoms with E-state index in [1.54, 1.807) is 28.6 Å². The number of amides is 1. The number of para-hydroxylation sites is 1. The number of carbonyl (C=O) groups excluding carboxylic acids is 1. The van der Waals surface area contributed by atoms with Crippen molar-refractivity contribution in [2.75, 3.05) is 18.9 Å². The molecule has 0 saturated carbocycles. The molecule has 3 aromatic rings. The molecule has 2 aliphatic heterocycles. The highest BCUT2D eigenvalue weighted by molar-refractivity contribution is 7.89. The number of hydrogen-bond donors (Lipinski definition) is 1. The second-order valence-electron chi connectivity index (χ2n) is 9.86. The molecule has 0 aliphatic carbocycles. The first-order valence-corrected chi connectivity index (χ1v) is 13.7. The Balaban J connectivity index is 1.44. The maximum atomic E-state index is 13.5. The summed E-state index contributed by atoms with van der Waals surface area (Å²) in [6, 6.07) is 14.2. The summed E-state index contributed by atoms with van der Waals surface area (Å²) >= 11 is 0. The van der Waals surface area contributed by atoms with Crippen molar-refractivity contribution in [1.29, 1.82) is 0 Å². The zero-order chi connectivity index (χ0) is 24.7. The number of aromatic nitrogens is 1. The van der Waals surface area contributed by atoms with Crippen LogP contribution in [0, 0.1) is 0 Å². The van der Waals surface area contributed by atoms with Gasteiger partial charge in [-0.05, 0) is 64.1 Å². The Bertz CT molecular complexity index is 1360. The van der Waals surface area contributed by atoms with Crippen molar-refractivity contribution in [3.05, 3.63) is 65.4 Å². The molecule has 1 saturated heterocycles. The summed E-state index contributed by atoms with van der Waals surface area (Å²) in [6.45, 7) is 5.51. The molecule has 1 N–H and O–H groups in total. The van der Waals surface area contributed by atoms with E-state index in [0.29, 0.717) is 17.8 Å². The van der Waals surface area contributed by atoms with Crippen LogP contribution in [-0.2, 0) is 23.0 Å². The van der Waals surface area contributed by atoms with Crippen LogP contribution in [0.25, 0.3) is 10.9 Å². The fourth-order valence-corrected chi connectivity index (χ4v) is 7.36. The number of carbonyl (C=O) groups is 1.